The van der Waals surface area contributed by atoms with E-state index in [4.69, 9.17) is 5.73 Å². The van der Waals surface area contributed by atoms with Gasteiger partial charge in [0.25, 0.3) is 0 Å². The van der Waals surface area contributed by atoms with Crippen molar-refractivity contribution in [1.82, 2.24) is 35.1 Å². The topological polar surface area (TPSA) is 185 Å². The van der Waals surface area contributed by atoms with Gasteiger partial charge in [-0.15, -0.1) is 0 Å². The summed E-state index contributed by atoms with van der Waals surface area (Å²) >= 11 is 0. The van der Waals surface area contributed by atoms with Gasteiger partial charge in [-0.25, -0.2) is 22.8 Å². The lowest BCUT2D eigenvalue weighted by Crippen LogP contribution is -2.20. The number of halogens is 1. The Kier molecular flexibility index (Phi) is 7.15. The fourth-order valence-corrected chi connectivity index (χ4v) is 5.43. The molecule has 0 aliphatic heterocycles. The fraction of sp³-hybridized carbons (Fsp3) is 0.172. The SMILES string of the molecule is CCCC(=O)Nc1cncc(-c2cc3c(-c4nc5nccc(-c6cc(F)cc(C(N)S(C)(=O)=O)c6)c5[nH]4)n[nH]c3cn2)c1. The van der Waals surface area contributed by atoms with Crippen LogP contribution in [0.1, 0.15) is 30.7 Å². The highest BCUT2D eigenvalue weighted by molar-refractivity contribution is 7.90. The quantitative estimate of drug-likeness (QED) is 0.195. The number of hydrogen-bond donors (Lipinski definition) is 4. The predicted octanol–water partition coefficient (Wildman–Crippen LogP) is 4.50. The number of carbonyl (C=O) groups is 1. The Morgan fingerprint density at radius 1 is 1.09 bits per heavy atom. The molecule has 5 N–H and O–H groups in total. The molecule has 0 bridgehead atoms. The molecule has 14 heteroatoms. The van der Waals surface area contributed by atoms with Crippen LogP contribution in [0.5, 0.6) is 0 Å². The standard InChI is InChI=1S/C29H26FN9O3S/c1-3-4-24(40)35-19-10-17(12-32-13-19)22-11-21-23(14-34-22)38-39-26(21)29-36-25-20(5-6-33-28(25)37-29)15-7-16(9-18(30)8-15)27(31)43(2,41)42/h5-14,27H,3-4,31H2,1-2H3,(H,35,40)(H,38,39)(H,33,36,37). The Labute approximate surface area is 244 Å². The van der Waals surface area contributed by atoms with Crippen molar-refractivity contribution in [3.8, 4) is 33.9 Å². The number of hydrogen-bond acceptors (Lipinski definition) is 9. The van der Waals surface area contributed by atoms with Gasteiger partial charge in [-0.3, -0.25) is 19.9 Å². The summed E-state index contributed by atoms with van der Waals surface area (Å²) in [7, 11) is -3.66. The van der Waals surface area contributed by atoms with E-state index in [1.807, 2.05) is 13.0 Å². The van der Waals surface area contributed by atoms with Crippen LogP contribution in [0.25, 0.3) is 56.0 Å². The summed E-state index contributed by atoms with van der Waals surface area (Å²) in [4.78, 5) is 33.1. The number of nitrogens with zero attached hydrogens (tertiary/aromatic N) is 5. The van der Waals surface area contributed by atoms with Crippen LogP contribution in [0.4, 0.5) is 10.1 Å². The molecule has 0 aliphatic rings. The number of amides is 1. The minimum atomic E-state index is -3.66. The zero-order valence-electron chi connectivity index (χ0n) is 23.1. The molecule has 0 radical (unpaired) electrons. The normalized spacial score (nSPS) is 12.6. The molecule has 6 rings (SSSR count). The highest BCUT2D eigenvalue weighted by atomic mass is 32.2. The number of benzene rings is 1. The second-order valence-corrected chi connectivity index (χ2v) is 12.3. The van der Waals surface area contributed by atoms with Crippen LogP contribution in [-0.4, -0.2) is 55.7 Å². The van der Waals surface area contributed by atoms with Gasteiger partial charge in [-0.2, -0.15) is 5.10 Å². The van der Waals surface area contributed by atoms with Gasteiger partial charge in [-0.05, 0) is 53.9 Å². The molecule has 1 atom stereocenters. The number of nitrogens with one attached hydrogen (secondary N) is 3. The van der Waals surface area contributed by atoms with Gasteiger partial charge in [0.15, 0.2) is 21.3 Å². The summed E-state index contributed by atoms with van der Waals surface area (Å²) in [5.74, 6) is -0.313. The van der Waals surface area contributed by atoms with Crippen molar-refractivity contribution in [2.45, 2.75) is 25.1 Å². The summed E-state index contributed by atoms with van der Waals surface area (Å²) in [6.07, 6.45) is 8.57. The molecule has 0 saturated carbocycles. The number of H-pyrrole nitrogens is 2. The van der Waals surface area contributed by atoms with Gasteiger partial charge in [-0.1, -0.05) is 6.92 Å². The van der Waals surface area contributed by atoms with Crippen LogP contribution in [-0.2, 0) is 14.6 Å². The second-order valence-electron chi connectivity index (χ2n) is 10.1. The molecule has 43 heavy (non-hydrogen) atoms. The average molecular weight is 600 g/mol. The number of imidazole rings is 1. The van der Waals surface area contributed by atoms with Gasteiger partial charge in [0.1, 0.15) is 16.9 Å². The summed E-state index contributed by atoms with van der Waals surface area (Å²) in [5.41, 5.74) is 10.9. The molecule has 1 unspecified atom stereocenters. The van der Waals surface area contributed by atoms with E-state index < -0.39 is 21.0 Å². The first-order chi connectivity index (χ1) is 20.6. The monoisotopic (exact) mass is 599 g/mol. The van der Waals surface area contributed by atoms with Crippen molar-refractivity contribution in [3.05, 3.63) is 72.6 Å². The molecule has 12 nitrogen and oxygen atoms in total. The molecule has 0 spiro atoms. The lowest BCUT2D eigenvalue weighted by Gasteiger charge is -2.12. The maximum atomic E-state index is 14.6. The van der Waals surface area contributed by atoms with Gasteiger partial charge in [0, 0.05) is 41.6 Å². The number of carbonyl (C=O) groups excluding carboxylic acids is 1. The summed E-state index contributed by atoms with van der Waals surface area (Å²) < 4.78 is 38.7. The molecular formula is C29H26FN9O3S. The van der Waals surface area contributed by atoms with Crippen LogP contribution in [0, 0.1) is 5.82 Å². The zero-order chi connectivity index (χ0) is 30.3. The van der Waals surface area contributed by atoms with E-state index in [0.29, 0.717) is 62.7 Å². The van der Waals surface area contributed by atoms with Crippen LogP contribution in [0.2, 0.25) is 0 Å². The lowest BCUT2D eigenvalue weighted by molar-refractivity contribution is -0.116. The van der Waals surface area contributed by atoms with Crippen molar-refractivity contribution in [2.24, 2.45) is 5.73 Å². The Bertz CT molecular complexity index is 2130. The molecule has 0 fully saturated rings. The summed E-state index contributed by atoms with van der Waals surface area (Å²) in [5, 5.41) is 9.61. The highest BCUT2D eigenvalue weighted by Crippen LogP contribution is 2.33. The molecule has 5 aromatic heterocycles. The smallest absolute Gasteiger partial charge is 0.224 e. The first kappa shape index (κ1) is 28.1. The molecule has 1 aromatic carbocycles. The van der Waals surface area contributed by atoms with Crippen molar-refractivity contribution in [1.29, 1.82) is 0 Å². The van der Waals surface area contributed by atoms with Crippen molar-refractivity contribution < 1.29 is 17.6 Å². The van der Waals surface area contributed by atoms with Crippen LogP contribution < -0.4 is 11.1 Å². The molecule has 0 saturated heterocycles. The number of fused-ring (bicyclic) bond motifs is 2. The van der Waals surface area contributed by atoms with Gasteiger partial charge in [0.05, 0.1) is 34.8 Å². The predicted molar refractivity (Wildman–Crippen MR) is 161 cm³/mol. The van der Waals surface area contributed by atoms with E-state index in [-0.39, 0.29) is 11.5 Å². The van der Waals surface area contributed by atoms with E-state index in [9.17, 15) is 17.6 Å². The number of rotatable bonds is 8. The minimum absolute atomic E-state index is 0.0902. The van der Waals surface area contributed by atoms with Gasteiger partial charge < -0.3 is 16.0 Å². The lowest BCUT2D eigenvalue weighted by atomic mass is 10.0. The van der Waals surface area contributed by atoms with Crippen LogP contribution in [0.3, 0.4) is 0 Å². The van der Waals surface area contributed by atoms with Crippen LogP contribution in [0.15, 0.2) is 61.2 Å². The molecule has 6 aromatic rings. The van der Waals surface area contributed by atoms with E-state index in [0.717, 1.165) is 24.1 Å². The third kappa shape index (κ3) is 5.57. The highest BCUT2D eigenvalue weighted by Gasteiger charge is 2.21. The number of pyridine rings is 3. The van der Waals surface area contributed by atoms with Crippen LogP contribution >= 0.6 is 0 Å². The molecule has 218 valence electrons. The zero-order valence-corrected chi connectivity index (χ0v) is 23.9. The molecular weight excluding hydrogens is 573 g/mol. The summed E-state index contributed by atoms with van der Waals surface area (Å²) in [6, 6.07) is 9.27. The number of aromatic amines is 2. The van der Waals surface area contributed by atoms with Crippen molar-refractivity contribution >= 4 is 43.5 Å². The minimum Gasteiger partial charge on any atom is -0.335 e. The van der Waals surface area contributed by atoms with E-state index in [2.05, 4.69) is 40.4 Å². The number of nitrogens with two attached hydrogens (primary N) is 1. The summed E-state index contributed by atoms with van der Waals surface area (Å²) in [6.45, 7) is 1.93. The Balaban J connectivity index is 1.40. The Morgan fingerprint density at radius 2 is 1.93 bits per heavy atom. The van der Waals surface area contributed by atoms with Crippen molar-refractivity contribution in [3.63, 3.8) is 0 Å². The van der Waals surface area contributed by atoms with Gasteiger partial charge in [0.2, 0.25) is 5.91 Å². The number of sulfone groups is 1. The number of aromatic nitrogens is 7. The average Bonchev–Trinajstić information content (AvgIpc) is 3.60. The van der Waals surface area contributed by atoms with E-state index in [1.165, 1.54) is 12.3 Å². The molecule has 5 heterocycles. The maximum Gasteiger partial charge on any atom is 0.224 e. The largest absolute Gasteiger partial charge is 0.335 e. The first-order valence-electron chi connectivity index (χ1n) is 13.3. The molecule has 0 aliphatic carbocycles. The maximum absolute atomic E-state index is 14.6. The first-order valence-corrected chi connectivity index (χ1v) is 15.3. The Morgan fingerprint density at radius 3 is 2.72 bits per heavy atom. The fourth-order valence-electron chi connectivity index (χ4n) is 4.80. The van der Waals surface area contributed by atoms with Crippen molar-refractivity contribution in [2.75, 3.05) is 11.6 Å². The second kappa shape index (κ2) is 11.0. The third-order valence-corrected chi connectivity index (χ3v) is 8.07. The Hall–Kier alpha value is -5.08. The van der Waals surface area contributed by atoms with E-state index in [1.54, 1.807) is 36.8 Å². The van der Waals surface area contributed by atoms with Gasteiger partial charge >= 0.3 is 0 Å². The van der Waals surface area contributed by atoms with E-state index >= 15 is 0 Å². The number of anilines is 1. The third-order valence-electron chi connectivity index (χ3n) is 6.88. The molecule has 1 amide bonds.